The van der Waals surface area contributed by atoms with Gasteiger partial charge in [0, 0.05) is 48.3 Å². The Hall–Kier alpha value is -1.40. The molecule has 19 heavy (non-hydrogen) atoms. The fourth-order valence-electron chi connectivity index (χ4n) is 1.89. The van der Waals surface area contributed by atoms with Crippen molar-refractivity contribution in [3.8, 4) is 0 Å². The number of hydrogen-bond acceptors (Lipinski definition) is 4. The lowest BCUT2D eigenvalue weighted by Crippen LogP contribution is -2.28. The predicted octanol–water partition coefficient (Wildman–Crippen LogP) is 1.46. The highest BCUT2D eigenvalue weighted by atomic mass is 32.2. The lowest BCUT2D eigenvalue weighted by Gasteiger charge is -2.16. The summed E-state index contributed by atoms with van der Waals surface area (Å²) in [4.78, 5) is 4.35. The lowest BCUT2D eigenvalue weighted by atomic mass is 10.2. The van der Waals surface area contributed by atoms with E-state index < -0.39 is 10.8 Å². The standard InChI is InChI=1S/C13H19N3O2S/c1-3-19(17)10-7-14-12(11-5-4-9-18-11)13-15-6-8-16(13)2/h4-6,8-9,12,14H,3,7,10H2,1-2H3. The van der Waals surface area contributed by atoms with E-state index in [-0.39, 0.29) is 6.04 Å². The second-order valence-corrected chi connectivity index (χ2v) is 6.10. The van der Waals surface area contributed by atoms with Gasteiger partial charge in [-0.05, 0) is 12.1 Å². The molecule has 0 aliphatic rings. The maximum Gasteiger partial charge on any atom is 0.133 e. The highest BCUT2D eigenvalue weighted by Crippen LogP contribution is 2.20. The number of nitrogens with zero attached hydrogens (tertiary/aromatic N) is 2. The largest absolute Gasteiger partial charge is 0.467 e. The number of imidazole rings is 1. The first-order chi connectivity index (χ1) is 9.22. The molecule has 1 N–H and O–H groups in total. The van der Waals surface area contributed by atoms with E-state index in [0.29, 0.717) is 18.1 Å². The van der Waals surface area contributed by atoms with Gasteiger partial charge >= 0.3 is 0 Å². The lowest BCUT2D eigenvalue weighted by molar-refractivity contribution is 0.436. The molecule has 2 atom stereocenters. The van der Waals surface area contributed by atoms with Crippen LogP contribution in [-0.2, 0) is 17.8 Å². The van der Waals surface area contributed by atoms with E-state index in [1.807, 2.05) is 36.9 Å². The van der Waals surface area contributed by atoms with Gasteiger partial charge in [0.25, 0.3) is 0 Å². The van der Waals surface area contributed by atoms with Crippen LogP contribution in [0.4, 0.5) is 0 Å². The fraction of sp³-hybridized carbons (Fsp3) is 0.462. The monoisotopic (exact) mass is 281 g/mol. The molecule has 0 spiro atoms. The minimum Gasteiger partial charge on any atom is -0.467 e. The van der Waals surface area contributed by atoms with E-state index in [1.54, 1.807) is 12.5 Å². The Balaban J connectivity index is 2.08. The number of aryl methyl sites for hydroxylation is 1. The van der Waals surface area contributed by atoms with Crippen LogP contribution < -0.4 is 5.32 Å². The predicted molar refractivity (Wildman–Crippen MR) is 75.3 cm³/mol. The summed E-state index contributed by atoms with van der Waals surface area (Å²) >= 11 is 0. The van der Waals surface area contributed by atoms with Crippen molar-refractivity contribution in [3.63, 3.8) is 0 Å². The molecule has 2 heterocycles. The number of furan rings is 1. The van der Waals surface area contributed by atoms with E-state index in [9.17, 15) is 4.21 Å². The van der Waals surface area contributed by atoms with Gasteiger partial charge in [-0.3, -0.25) is 4.21 Å². The minimum atomic E-state index is -0.763. The molecular weight excluding hydrogens is 262 g/mol. The van der Waals surface area contributed by atoms with Crippen LogP contribution in [0.2, 0.25) is 0 Å². The van der Waals surface area contributed by atoms with Gasteiger partial charge in [-0.2, -0.15) is 0 Å². The molecule has 2 rings (SSSR count). The van der Waals surface area contributed by atoms with Gasteiger partial charge in [-0.15, -0.1) is 0 Å². The van der Waals surface area contributed by atoms with Crippen LogP contribution in [-0.4, -0.2) is 31.8 Å². The third-order valence-electron chi connectivity index (χ3n) is 2.94. The molecule has 2 unspecified atom stereocenters. The Bertz CT molecular complexity index is 522. The second kappa shape index (κ2) is 6.68. The molecule has 2 aromatic heterocycles. The third-order valence-corrected chi connectivity index (χ3v) is 4.25. The van der Waals surface area contributed by atoms with Crippen molar-refractivity contribution in [1.82, 2.24) is 14.9 Å². The molecule has 0 saturated carbocycles. The topological polar surface area (TPSA) is 60.1 Å². The van der Waals surface area contributed by atoms with Crippen molar-refractivity contribution in [1.29, 1.82) is 0 Å². The van der Waals surface area contributed by atoms with Gasteiger partial charge < -0.3 is 14.3 Å². The minimum absolute atomic E-state index is 0.108. The number of nitrogens with one attached hydrogen (secondary N) is 1. The van der Waals surface area contributed by atoms with E-state index in [4.69, 9.17) is 4.42 Å². The molecule has 2 aromatic rings. The molecule has 5 nitrogen and oxygen atoms in total. The van der Waals surface area contributed by atoms with E-state index in [2.05, 4.69) is 10.3 Å². The van der Waals surface area contributed by atoms with Gasteiger partial charge in [0.15, 0.2) is 0 Å². The Morgan fingerprint density at radius 1 is 1.58 bits per heavy atom. The van der Waals surface area contributed by atoms with Gasteiger partial charge in [0.1, 0.15) is 17.6 Å². The highest BCUT2D eigenvalue weighted by Gasteiger charge is 2.20. The van der Waals surface area contributed by atoms with E-state index in [1.165, 1.54) is 0 Å². The van der Waals surface area contributed by atoms with Crippen LogP contribution in [0.1, 0.15) is 24.6 Å². The summed E-state index contributed by atoms with van der Waals surface area (Å²) in [5.41, 5.74) is 0. The zero-order valence-electron chi connectivity index (χ0n) is 11.2. The van der Waals surface area contributed by atoms with E-state index >= 15 is 0 Å². The number of aromatic nitrogens is 2. The normalized spacial score (nSPS) is 14.4. The maximum absolute atomic E-state index is 11.5. The molecule has 0 radical (unpaired) electrons. The van der Waals surface area contributed by atoms with Crippen molar-refractivity contribution >= 4 is 10.8 Å². The SMILES string of the molecule is CCS(=O)CCNC(c1ccco1)c1nccn1C. The van der Waals surface area contributed by atoms with Crippen molar-refractivity contribution in [2.24, 2.45) is 7.05 Å². The van der Waals surface area contributed by atoms with Gasteiger partial charge in [-0.25, -0.2) is 4.98 Å². The van der Waals surface area contributed by atoms with Crippen LogP contribution >= 0.6 is 0 Å². The summed E-state index contributed by atoms with van der Waals surface area (Å²) in [5, 5.41) is 3.36. The first-order valence-corrected chi connectivity index (χ1v) is 7.80. The van der Waals surface area contributed by atoms with Crippen molar-refractivity contribution in [2.75, 3.05) is 18.1 Å². The zero-order chi connectivity index (χ0) is 13.7. The summed E-state index contributed by atoms with van der Waals surface area (Å²) in [6.07, 6.45) is 5.31. The average molecular weight is 281 g/mol. The maximum atomic E-state index is 11.5. The summed E-state index contributed by atoms with van der Waals surface area (Å²) < 4.78 is 18.9. The van der Waals surface area contributed by atoms with Crippen LogP contribution in [0.3, 0.4) is 0 Å². The molecule has 0 aliphatic carbocycles. The average Bonchev–Trinajstić information content (AvgIpc) is 3.06. The fourth-order valence-corrected chi connectivity index (χ4v) is 2.53. The summed E-state index contributed by atoms with van der Waals surface area (Å²) in [6, 6.07) is 3.67. The summed E-state index contributed by atoms with van der Waals surface area (Å²) in [5.74, 6) is 3.03. The van der Waals surface area contributed by atoms with Crippen LogP contribution in [0.5, 0.6) is 0 Å². The van der Waals surface area contributed by atoms with Crippen molar-refractivity contribution in [2.45, 2.75) is 13.0 Å². The van der Waals surface area contributed by atoms with Crippen molar-refractivity contribution < 1.29 is 8.63 Å². The molecule has 0 bridgehead atoms. The van der Waals surface area contributed by atoms with Crippen LogP contribution in [0.15, 0.2) is 35.2 Å². The Kier molecular flexibility index (Phi) is 4.93. The Morgan fingerprint density at radius 3 is 3.00 bits per heavy atom. The smallest absolute Gasteiger partial charge is 0.133 e. The van der Waals surface area contributed by atoms with Crippen LogP contribution in [0.25, 0.3) is 0 Å². The van der Waals surface area contributed by atoms with Crippen LogP contribution in [0, 0.1) is 0 Å². The molecule has 0 aliphatic heterocycles. The quantitative estimate of drug-likeness (QED) is 0.834. The van der Waals surface area contributed by atoms with Crippen molar-refractivity contribution in [3.05, 3.63) is 42.4 Å². The van der Waals surface area contributed by atoms with E-state index in [0.717, 1.165) is 11.6 Å². The molecular formula is C13H19N3O2S. The molecule has 0 fully saturated rings. The first-order valence-electron chi connectivity index (χ1n) is 6.31. The third kappa shape index (κ3) is 3.54. The zero-order valence-corrected chi connectivity index (χ0v) is 12.0. The number of rotatable bonds is 7. The molecule has 0 saturated heterocycles. The second-order valence-electron chi connectivity index (χ2n) is 4.23. The summed E-state index contributed by atoms with van der Waals surface area (Å²) in [6.45, 7) is 2.59. The summed E-state index contributed by atoms with van der Waals surface area (Å²) in [7, 11) is 1.19. The molecule has 0 aromatic carbocycles. The molecule has 0 amide bonds. The van der Waals surface area contributed by atoms with Gasteiger partial charge in [-0.1, -0.05) is 6.92 Å². The first kappa shape index (κ1) is 14.0. The Labute approximate surface area is 115 Å². The molecule has 104 valence electrons. The van der Waals surface area contributed by atoms with Gasteiger partial charge in [0.05, 0.1) is 6.26 Å². The molecule has 6 heteroatoms. The van der Waals surface area contributed by atoms with Gasteiger partial charge in [0.2, 0.25) is 0 Å². The number of hydrogen-bond donors (Lipinski definition) is 1. The highest BCUT2D eigenvalue weighted by molar-refractivity contribution is 7.84. The Morgan fingerprint density at radius 2 is 2.42 bits per heavy atom.